The molecule has 0 aliphatic rings. The zero-order valence-electron chi connectivity index (χ0n) is 27.1. The third kappa shape index (κ3) is 9.92. The van der Waals surface area contributed by atoms with Gasteiger partial charge < -0.3 is 15.0 Å². The van der Waals surface area contributed by atoms with E-state index in [0.717, 1.165) is 38.3 Å². The number of amides is 2. The number of anilines is 1. The average Bonchev–Trinajstić information content (AvgIpc) is 3.07. The average molecular weight is 721 g/mol. The van der Waals surface area contributed by atoms with Gasteiger partial charge in [-0.05, 0) is 79.9 Å². The van der Waals surface area contributed by atoms with Crippen molar-refractivity contribution in [2.45, 2.75) is 57.5 Å². The Hall–Kier alpha value is -4.15. The predicted octanol–water partition coefficient (Wildman–Crippen LogP) is 6.91. The molecule has 0 aliphatic carbocycles. The van der Waals surface area contributed by atoms with Crippen LogP contribution >= 0.6 is 15.9 Å². The Morgan fingerprint density at radius 2 is 1.51 bits per heavy atom. The summed E-state index contributed by atoms with van der Waals surface area (Å²) in [6, 6.07) is 29.3. The maximum atomic E-state index is 14.6. The van der Waals surface area contributed by atoms with Crippen molar-refractivity contribution >= 4 is 43.5 Å². The first-order valence-electron chi connectivity index (χ1n) is 15.8. The summed E-state index contributed by atoms with van der Waals surface area (Å²) in [4.78, 5) is 30.0. The van der Waals surface area contributed by atoms with E-state index in [1.165, 1.54) is 17.0 Å². The number of rotatable bonds is 16. The van der Waals surface area contributed by atoms with E-state index in [1.807, 2.05) is 75.4 Å². The van der Waals surface area contributed by atoms with Gasteiger partial charge in [0.25, 0.3) is 10.0 Å². The van der Waals surface area contributed by atoms with Crippen LogP contribution in [0.25, 0.3) is 0 Å². The van der Waals surface area contributed by atoms with E-state index in [1.54, 1.807) is 36.4 Å². The molecule has 8 nitrogen and oxygen atoms in total. The molecule has 0 unspecified atom stereocenters. The lowest BCUT2D eigenvalue weighted by atomic mass is 10.0. The van der Waals surface area contributed by atoms with E-state index in [-0.39, 0.29) is 23.8 Å². The first-order chi connectivity index (χ1) is 22.6. The molecule has 1 atom stereocenters. The molecule has 2 amide bonds. The summed E-state index contributed by atoms with van der Waals surface area (Å²) in [5.74, 6) is -0.218. The Morgan fingerprint density at radius 3 is 2.13 bits per heavy atom. The van der Waals surface area contributed by atoms with Gasteiger partial charge in [-0.3, -0.25) is 13.9 Å². The highest BCUT2D eigenvalue weighted by Crippen LogP contribution is 2.27. The van der Waals surface area contributed by atoms with E-state index in [2.05, 4.69) is 21.2 Å². The zero-order valence-corrected chi connectivity index (χ0v) is 29.5. The first kappa shape index (κ1) is 35.7. The minimum Gasteiger partial charge on any atom is -0.494 e. The number of carbonyl (C=O) groups excluding carboxylic acids is 2. The molecule has 0 bridgehead atoms. The van der Waals surface area contributed by atoms with Crippen LogP contribution in [0.2, 0.25) is 0 Å². The van der Waals surface area contributed by atoms with Crippen LogP contribution in [-0.2, 0) is 32.6 Å². The van der Waals surface area contributed by atoms with Crippen LogP contribution in [0.15, 0.2) is 112 Å². The lowest BCUT2D eigenvalue weighted by Gasteiger charge is -2.34. The molecule has 1 N–H and O–H groups in total. The molecule has 0 aliphatic heterocycles. The van der Waals surface area contributed by atoms with Crippen LogP contribution < -0.4 is 14.4 Å². The van der Waals surface area contributed by atoms with Crippen LogP contribution in [0.4, 0.5) is 5.69 Å². The Balaban J connectivity index is 1.78. The molecule has 0 radical (unpaired) electrons. The normalized spacial score (nSPS) is 11.8. The number of aryl methyl sites for hydroxylation is 1. The lowest BCUT2D eigenvalue weighted by molar-refractivity contribution is -0.140. The highest BCUT2D eigenvalue weighted by molar-refractivity contribution is 9.10. The van der Waals surface area contributed by atoms with Crippen LogP contribution in [0.1, 0.15) is 43.4 Å². The van der Waals surface area contributed by atoms with Gasteiger partial charge in [0.2, 0.25) is 11.8 Å². The van der Waals surface area contributed by atoms with E-state index in [9.17, 15) is 18.0 Å². The quantitative estimate of drug-likeness (QED) is 0.127. The SMILES string of the molecule is CCCCNC(=O)[C@@H](Cc1ccccc1)N(Cc1ccc(Br)cc1)C(=O)CN(c1ccc(OCC)cc1)S(=O)(=O)c1ccc(C)cc1. The summed E-state index contributed by atoms with van der Waals surface area (Å²) in [6.45, 7) is 6.30. The summed E-state index contributed by atoms with van der Waals surface area (Å²) in [5, 5.41) is 3.01. The predicted molar refractivity (Wildman–Crippen MR) is 190 cm³/mol. The van der Waals surface area contributed by atoms with Crippen molar-refractivity contribution in [3.05, 3.63) is 124 Å². The second kappa shape index (κ2) is 17.1. The molecule has 0 saturated heterocycles. The molecule has 248 valence electrons. The number of halogens is 1. The molecular formula is C37H42BrN3O5S. The van der Waals surface area contributed by atoms with Gasteiger partial charge in [0.1, 0.15) is 18.3 Å². The summed E-state index contributed by atoms with van der Waals surface area (Å²) in [7, 11) is -4.19. The second-order valence-corrected chi connectivity index (χ2v) is 14.0. The standard InChI is InChI=1S/C37H42BrN3O5S/c1-4-6-24-39-37(43)35(25-29-10-8-7-9-11-29)40(26-30-14-16-31(38)17-15-30)36(42)27-41(32-18-20-33(21-19-32)46-5-2)47(44,45)34-22-12-28(3)13-23-34/h7-23,35H,4-6,24-27H2,1-3H3,(H,39,43)/t35-/m1/s1. The summed E-state index contributed by atoms with van der Waals surface area (Å²) in [5.41, 5.74) is 2.89. The number of benzene rings is 4. The number of nitrogens with one attached hydrogen (secondary N) is 1. The van der Waals surface area contributed by atoms with Gasteiger partial charge in [-0.1, -0.05) is 89.4 Å². The van der Waals surface area contributed by atoms with Crippen LogP contribution in [0, 0.1) is 6.92 Å². The first-order valence-corrected chi connectivity index (χ1v) is 18.0. The Kier molecular flexibility index (Phi) is 13.0. The highest BCUT2D eigenvalue weighted by atomic mass is 79.9. The van der Waals surface area contributed by atoms with E-state index in [4.69, 9.17) is 4.74 Å². The Labute approximate surface area is 286 Å². The van der Waals surface area contributed by atoms with Gasteiger partial charge in [0.15, 0.2) is 0 Å². The van der Waals surface area contributed by atoms with Crippen molar-refractivity contribution in [3.8, 4) is 5.75 Å². The Bertz CT molecular complexity index is 1700. The smallest absolute Gasteiger partial charge is 0.264 e. The van der Waals surface area contributed by atoms with E-state index in [0.29, 0.717) is 24.6 Å². The molecule has 0 saturated carbocycles. The lowest BCUT2D eigenvalue weighted by Crippen LogP contribution is -2.53. The molecule has 10 heteroatoms. The van der Waals surface area contributed by atoms with Gasteiger partial charge in [0, 0.05) is 24.0 Å². The number of ether oxygens (including phenoxy) is 1. The van der Waals surface area contributed by atoms with Crippen LogP contribution in [0.5, 0.6) is 5.75 Å². The molecule has 0 fully saturated rings. The van der Waals surface area contributed by atoms with Gasteiger partial charge in [-0.25, -0.2) is 8.42 Å². The molecule has 4 aromatic rings. The molecule has 47 heavy (non-hydrogen) atoms. The van der Waals surface area contributed by atoms with Crippen LogP contribution in [-0.4, -0.2) is 50.9 Å². The van der Waals surface area contributed by atoms with Crippen molar-refractivity contribution in [3.63, 3.8) is 0 Å². The number of hydrogen-bond donors (Lipinski definition) is 1. The minimum absolute atomic E-state index is 0.0578. The van der Waals surface area contributed by atoms with Gasteiger partial charge in [-0.15, -0.1) is 0 Å². The number of hydrogen-bond acceptors (Lipinski definition) is 5. The zero-order chi connectivity index (χ0) is 33.8. The molecule has 4 rings (SSSR count). The number of nitrogens with zero attached hydrogens (tertiary/aromatic N) is 2. The summed E-state index contributed by atoms with van der Waals surface area (Å²) < 4.78 is 36.0. The van der Waals surface area contributed by atoms with Crippen molar-refractivity contribution < 1.29 is 22.7 Å². The molecule has 0 spiro atoms. The van der Waals surface area contributed by atoms with Crippen molar-refractivity contribution in [1.82, 2.24) is 10.2 Å². The largest absolute Gasteiger partial charge is 0.494 e. The Morgan fingerprint density at radius 1 is 0.851 bits per heavy atom. The third-order valence-corrected chi connectivity index (χ3v) is 10.0. The van der Waals surface area contributed by atoms with Crippen molar-refractivity contribution in [1.29, 1.82) is 0 Å². The topological polar surface area (TPSA) is 96.0 Å². The molecular weight excluding hydrogens is 678 g/mol. The van der Waals surface area contributed by atoms with Crippen molar-refractivity contribution in [2.75, 3.05) is 24.0 Å². The fourth-order valence-electron chi connectivity index (χ4n) is 5.09. The van der Waals surface area contributed by atoms with E-state index >= 15 is 0 Å². The maximum absolute atomic E-state index is 14.6. The van der Waals surface area contributed by atoms with Gasteiger partial charge in [-0.2, -0.15) is 0 Å². The monoisotopic (exact) mass is 719 g/mol. The number of unbranched alkanes of at least 4 members (excludes halogenated alkanes) is 1. The maximum Gasteiger partial charge on any atom is 0.264 e. The highest BCUT2D eigenvalue weighted by Gasteiger charge is 2.34. The van der Waals surface area contributed by atoms with Crippen molar-refractivity contribution in [2.24, 2.45) is 0 Å². The molecule has 0 aromatic heterocycles. The minimum atomic E-state index is -4.19. The van der Waals surface area contributed by atoms with E-state index < -0.39 is 28.5 Å². The second-order valence-electron chi connectivity index (χ2n) is 11.2. The fourth-order valence-corrected chi connectivity index (χ4v) is 6.77. The summed E-state index contributed by atoms with van der Waals surface area (Å²) in [6.07, 6.45) is 1.96. The van der Waals surface area contributed by atoms with Gasteiger partial charge in [0.05, 0.1) is 17.2 Å². The number of carbonyl (C=O) groups is 2. The van der Waals surface area contributed by atoms with Crippen LogP contribution in [0.3, 0.4) is 0 Å². The molecule has 0 heterocycles. The fraction of sp³-hybridized carbons (Fsp3) is 0.297. The number of sulfonamides is 1. The summed E-state index contributed by atoms with van der Waals surface area (Å²) >= 11 is 3.47. The molecule has 4 aromatic carbocycles. The third-order valence-electron chi connectivity index (χ3n) is 7.69. The van der Waals surface area contributed by atoms with Gasteiger partial charge >= 0.3 is 0 Å².